The molecule has 2 rings (SSSR count). The summed E-state index contributed by atoms with van der Waals surface area (Å²) in [5.74, 6) is 0.557. The van der Waals surface area contributed by atoms with E-state index < -0.39 is 20.2 Å². The molecular formula is C17H26F3IN4O3S. The van der Waals surface area contributed by atoms with Crippen molar-refractivity contribution in [1.82, 2.24) is 10.2 Å². The van der Waals surface area contributed by atoms with E-state index in [2.05, 4.69) is 22.1 Å². The molecule has 1 atom stereocenters. The lowest BCUT2D eigenvalue weighted by molar-refractivity contribution is -0.0436. The van der Waals surface area contributed by atoms with Gasteiger partial charge in [0.05, 0.1) is 18.0 Å². The summed E-state index contributed by atoms with van der Waals surface area (Å²) in [4.78, 5) is 5.86. The zero-order chi connectivity index (χ0) is 20.8. The van der Waals surface area contributed by atoms with Crippen molar-refractivity contribution in [1.29, 1.82) is 0 Å². The minimum absolute atomic E-state index is 0. The Balaban J connectivity index is 0.00000420. The molecule has 1 aromatic carbocycles. The highest BCUT2D eigenvalue weighted by atomic mass is 127. The average Bonchev–Trinajstić information content (AvgIpc) is 3.10. The maximum Gasteiger partial charge on any atom is 0.501 e. The molecule has 0 aliphatic carbocycles. The van der Waals surface area contributed by atoms with Crippen LogP contribution in [-0.2, 0) is 9.84 Å². The normalized spacial score (nSPS) is 18.3. The zero-order valence-corrected chi connectivity index (χ0v) is 19.1. The summed E-state index contributed by atoms with van der Waals surface area (Å²) in [6, 6.07) is 4.49. The van der Waals surface area contributed by atoms with E-state index >= 15 is 0 Å². The van der Waals surface area contributed by atoms with Crippen molar-refractivity contribution in [3.8, 4) is 5.75 Å². The Hall–Kier alpha value is -1.28. The lowest BCUT2D eigenvalue weighted by Crippen LogP contribution is -2.37. The maximum atomic E-state index is 12.5. The van der Waals surface area contributed by atoms with E-state index in [0.29, 0.717) is 25.1 Å². The van der Waals surface area contributed by atoms with E-state index in [1.54, 1.807) is 0 Å². The smallest absolute Gasteiger partial charge is 0.492 e. The molecule has 1 saturated heterocycles. The summed E-state index contributed by atoms with van der Waals surface area (Å²) in [6.07, 6.45) is 2.27. The van der Waals surface area contributed by atoms with Crippen LogP contribution < -0.4 is 15.8 Å². The molecule has 1 aliphatic rings. The number of alkyl halides is 3. The highest BCUT2D eigenvalue weighted by Crippen LogP contribution is 2.30. The van der Waals surface area contributed by atoms with Gasteiger partial charge in [-0.15, -0.1) is 24.0 Å². The number of halogens is 4. The van der Waals surface area contributed by atoms with Crippen molar-refractivity contribution in [2.45, 2.75) is 36.2 Å². The third kappa shape index (κ3) is 7.17. The van der Waals surface area contributed by atoms with Gasteiger partial charge >= 0.3 is 5.51 Å². The minimum Gasteiger partial charge on any atom is -0.492 e. The van der Waals surface area contributed by atoms with Gasteiger partial charge in [0, 0.05) is 6.04 Å². The fourth-order valence-electron chi connectivity index (χ4n) is 2.97. The average molecular weight is 550 g/mol. The van der Waals surface area contributed by atoms with Crippen LogP contribution in [0, 0.1) is 0 Å². The van der Waals surface area contributed by atoms with Gasteiger partial charge in [0.15, 0.2) is 5.96 Å². The third-order valence-electron chi connectivity index (χ3n) is 4.49. The SMILES string of the molecule is CCN1CCCC1CN=C(N)NCCOc1ccc(S(=O)(=O)C(F)(F)F)cc1.I. The van der Waals surface area contributed by atoms with Crippen molar-refractivity contribution in [2.75, 3.05) is 32.8 Å². The minimum atomic E-state index is -5.35. The van der Waals surface area contributed by atoms with E-state index in [0.717, 1.165) is 38.1 Å². The van der Waals surface area contributed by atoms with Crippen LogP contribution in [0.4, 0.5) is 13.2 Å². The highest BCUT2D eigenvalue weighted by molar-refractivity contribution is 14.0. The largest absolute Gasteiger partial charge is 0.501 e. The number of likely N-dealkylation sites (N-methyl/N-ethyl adjacent to an activating group) is 1. The molecule has 0 bridgehead atoms. The maximum absolute atomic E-state index is 12.5. The van der Waals surface area contributed by atoms with E-state index in [1.165, 1.54) is 12.1 Å². The Morgan fingerprint density at radius 1 is 1.34 bits per heavy atom. The number of rotatable bonds is 8. The van der Waals surface area contributed by atoms with Gasteiger partial charge in [0.1, 0.15) is 12.4 Å². The lowest BCUT2D eigenvalue weighted by Gasteiger charge is -2.20. The van der Waals surface area contributed by atoms with Gasteiger partial charge in [-0.2, -0.15) is 13.2 Å². The number of likely N-dealkylation sites (tertiary alicyclic amines) is 1. The van der Waals surface area contributed by atoms with Crippen LogP contribution in [0.25, 0.3) is 0 Å². The van der Waals surface area contributed by atoms with Crippen LogP contribution in [0.5, 0.6) is 5.75 Å². The van der Waals surface area contributed by atoms with Crippen molar-refractivity contribution in [2.24, 2.45) is 10.7 Å². The summed E-state index contributed by atoms with van der Waals surface area (Å²) in [7, 11) is -5.35. The second-order valence-electron chi connectivity index (χ2n) is 6.35. The first kappa shape index (κ1) is 25.8. The molecular weight excluding hydrogens is 524 g/mol. The van der Waals surface area contributed by atoms with Crippen molar-refractivity contribution in [3.05, 3.63) is 24.3 Å². The highest BCUT2D eigenvalue weighted by Gasteiger charge is 2.46. The molecule has 3 N–H and O–H groups in total. The van der Waals surface area contributed by atoms with Crippen LogP contribution in [0.3, 0.4) is 0 Å². The Morgan fingerprint density at radius 2 is 2.00 bits per heavy atom. The second-order valence-corrected chi connectivity index (χ2v) is 8.29. The molecule has 12 heteroatoms. The van der Waals surface area contributed by atoms with Gasteiger partial charge < -0.3 is 15.8 Å². The van der Waals surface area contributed by atoms with Gasteiger partial charge in [-0.3, -0.25) is 9.89 Å². The van der Waals surface area contributed by atoms with Gasteiger partial charge in [0.25, 0.3) is 9.84 Å². The molecule has 1 heterocycles. The zero-order valence-electron chi connectivity index (χ0n) is 16.0. The molecule has 0 radical (unpaired) electrons. The Morgan fingerprint density at radius 3 is 2.59 bits per heavy atom. The first-order chi connectivity index (χ1) is 13.1. The van der Waals surface area contributed by atoms with Crippen LogP contribution in [0.2, 0.25) is 0 Å². The number of ether oxygens (including phenoxy) is 1. The van der Waals surface area contributed by atoms with Gasteiger partial charge in [-0.25, -0.2) is 8.42 Å². The lowest BCUT2D eigenvalue weighted by atomic mass is 10.2. The number of hydrogen-bond donors (Lipinski definition) is 2. The van der Waals surface area contributed by atoms with Crippen LogP contribution in [-0.4, -0.2) is 63.6 Å². The molecule has 0 spiro atoms. The Kier molecular flexibility index (Phi) is 9.95. The molecule has 0 amide bonds. The van der Waals surface area contributed by atoms with E-state index in [9.17, 15) is 21.6 Å². The fraction of sp³-hybridized carbons (Fsp3) is 0.588. The van der Waals surface area contributed by atoms with Gasteiger partial charge in [-0.1, -0.05) is 6.92 Å². The van der Waals surface area contributed by atoms with Crippen LogP contribution >= 0.6 is 24.0 Å². The summed E-state index contributed by atoms with van der Waals surface area (Å²) in [5.41, 5.74) is 0.488. The van der Waals surface area contributed by atoms with E-state index in [1.807, 2.05) is 0 Å². The van der Waals surface area contributed by atoms with Crippen LogP contribution in [0.15, 0.2) is 34.2 Å². The van der Waals surface area contributed by atoms with Crippen LogP contribution in [0.1, 0.15) is 19.8 Å². The number of nitrogens with two attached hydrogens (primary N) is 1. The molecule has 166 valence electrons. The predicted octanol–water partition coefficient (Wildman–Crippen LogP) is 2.37. The number of guanidine groups is 1. The molecule has 0 aromatic heterocycles. The molecule has 1 unspecified atom stereocenters. The van der Waals surface area contributed by atoms with Crippen molar-refractivity contribution < 1.29 is 26.3 Å². The number of hydrogen-bond acceptors (Lipinski definition) is 5. The summed E-state index contributed by atoms with van der Waals surface area (Å²) >= 11 is 0. The van der Waals surface area contributed by atoms with E-state index in [-0.39, 0.29) is 36.3 Å². The molecule has 1 aromatic rings. The number of benzene rings is 1. The first-order valence-corrected chi connectivity index (χ1v) is 10.5. The first-order valence-electron chi connectivity index (χ1n) is 8.97. The Labute approximate surface area is 185 Å². The fourth-order valence-corrected chi connectivity index (χ4v) is 3.74. The summed E-state index contributed by atoms with van der Waals surface area (Å²) < 4.78 is 65.4. The topological polar surface area (TPSA) is 97.0 Å². The van der Waals surface area contributed by atoms with Crippen molar-refractivity contribution >= 4 is 39.8 Å². The molecule has 0 saturated carbocycles. The quantitative estimate of drug-likeness (QED) is 0.223. The molecule has 1 fully saturated rings. The summed E-state index contributed by atoms with van der Waals surface area (Å²) in [6.45, 7) is 5.35. The summed E-state index contributed by atoms with van der Waals surface area (Å²) in [5, 5.41) is 2.90. The molecule has 29 heavy (non-hydrogen) atoms. The standard InChI is InChI=1S/C17H25F3N4O3S.HI/c1-2-24-10-3-4-13(24)12-23-16(21)22-9-11-27-14-5-7-15(8-6-14)28(25,26)17(18,19)20;/h5-8,13H,2-4,9-12H2,1H3,(H3,21,22,23);1H. The Bertz CT molecular complexity index is 773. The second kappa shape index (κ2) is 11.2. The van der Waals surface area contributed by atoms with Gasteiger partial charge in [0.2, 0.25) is 0 Å². The monoisotopic (exact) mass is 550 g/mol. The number of aliphatic imine (C=N–C) groups is 1. The number of nitrogens with zero attached hydrogens (tertiary/aromatic N) is 2. The third-order valence-corrected chi connectivity index (χ3v) is 6.00. The molecule has 1 aliphatic heterocycles. The predicted molar refractivity (Wildman–Crippen MR) is 115 cm³/mol. The number of sulfone groups is 1. The van der Waals surface area contributed by atoms with Gasteiger partial charge in [-0.05, 0) is 50.2 Å². The van der Waals surface area contributed by atoms with Crippen molar-refractivity contribution in [3.63, 3.8) is 0 Å². The molecule has 7 nitrogen and oxygen atoms in total. The number of nitrogens with one attached hydrogen (secondary N) is 1. The van der Waals surface area contributed by atoms with E-state index in [4.69, 9.17) is 10.5 Å².